The summed E-state index contributed by atoms with van der Waals surface area (Å²) in [6, 6.07) is 42.8. The smallest absolute Gasteiger partial charge is 0.0728 e. The average Bonchev–Trinajstić information content (AvgIpc) is 3.36. The number of rotatable bonds is 3. The molecule has 0 fully saturated rings. The molecule has 0 nitrogen and oxygen atoms in total. The molecule has 0 N–H and O–H groups in total. The summed E-state index contributed by atoms with van der Waals surface area (Å²) in [5.74, 6) is 0.952. The second kappa shape index (κ2) is 7.48. The van der Waals surface area contributed by atoms with Gasteiger partial charge in [-0.1, -0.05) is 109 Å². The van der Waals surface area contributed by atoms with Crippen LogP contribution < -0.4 is 0 Å². The molecule has 0 aromatic heterocycles. The van der Waals surface area contributed by atoms with E-state index in [1.54, 1.807) is 0 Å². The van der Waals surface area contributed by atoms with E-state index >= 15 is 0 Å². The van der Waals surface area contributed by atoms with Crippen molar-refractivity contribution in [2.24, 2.45) is 0 Å². The van der Waals surface area contributed by atoms with Crippen LogP contribution >= 0.6 is 11.8 Å². The molecule has 0 atom stereocenters. The molecule has 0 amide bonds. The van der Waals surface area contributed by atoms with Crippen LogP contribution in [-0.2, 0) is 11.2 Å². The summed E-state index contributed by atoms with van der Waals surface area (Å²) in [4.78, 5) is 1.36. The second-order valence-electron chi connectivity index (χ2n) is 9.28. The van der Waals surface area contributed by atoms with Crippen LogP contribution in [0.25, 0.3) is 22.3 Å². The quantitative estimate of drug-likeness (QED) is 0.242. The van der Waals surface area contributed by atoms with Crippen LogP contribution in [0.1, 0.15) is 33.4 Å². The van der Waals surface area contributed by atoms with Crippen LogP contribution in [0.2, 0.25) is 0 Å². The van der Waals surface area contributed by atoms with Crippen LogP contribution in [0.15, 0.2) is 120 Å². The molecule has 0 aliphatic heterocycles. The topological polar surface area (TPSA) is 0 Å². The number of aryl methyl sites for hydroxylation is 1. The van der Waals surface area contributed by atoms with Crippen LogP contribution in [0.3, 0.4) is 0 Å². The molecule has 2 aliphatic rings. The third kappa shape index (κ3) is 2.56. The molecule has 7 rings (SSSR count). The largest absolute Gasteiger partial charge is 0.121 e. The Balaban J connectivity index is 1.52. The van der Waals surface area contributed by atoms with Crippen molar-refractivity contribution in [2.45, 2.75) is 23.0 Å². The lowest BCUT2D eigenvalue weighted by Crippen LogP contribution is -2.27. The van der Waals surface area contributed by atoms with E-state index in [4.69, 9.17) is 0 Å². The van der Waals surface area contributed by atoms with Gasteiger partial charge in [0.15, 0.2) is 0 Å². The van der Waals surface area contributed by atoms with Gasteiger partial charge in [-0.2, -0.15) is 0 Å². The molecule has 0 saturated carbocycles. The minimum absolute atomic E-state index is 0.262. The fourth-order valence-corrected chi connectivity index (χ4v) is 7.26. The lowest BCUT2D eigenvalue weighted by molar-refractivity contribution is 0.785. The standard InChI is InChI=1S/C33H24S/c1-22-11-2-9-20-31(22)34-21-23-12-10-16-27-26-15-5-8-19-30(26)33(32(23)27)28-17-6-3-13-24(28)25-14-4-7-18-29(25)33/h2-20H,21H2,1H3. The third-order valence-electron chi connectivity index (χ3n) is 7.58. The Bertz CT molecular complexity index is 1510. The SMILES string of the molecule is Cc1ccccc1SCc1cccc2c1C1(c3ccccc3-c3ccccc31)c1ccccc1-2. The van der Waals surface area contributed by atoms with Crippen molar-refractivity contribution in [3.05, 3.63) is 149 Å². The molecule has 5 aromatic carbocycles. The summed E-state index contributed by atoms with van der Waals surface area (Å²) in [5.41, 5.74) is 13.7. The zero-order valence-corrected chi connectivity index (χ0v) is 19.9. The molecule has 5 aromatic rings. The number of thioether (sulfide) groups is 1. The highest BCUT2D eigenvalue weighted by atomic mass is 32.2. The third-order valence-corrected chi connectivity index (χ3v) is 8.80. The van der Waals surface area contributed by atoms with Crippen LogP contribution in [0.5, 0.6) is 0 Å². The first-order valence-electron chi connectivity index (χ1n) is 11.9. The Labute approximate surface area is 205 Å². The van der Waals surface area contributed by atoms with Gasteiger partial charge in [0.25, 0.3) is 0 Å². The Morgan fingerprint density at radius 3 is 1.65 bits per heavy atom. The van der Waals surface area contributed by atoms with E-state index in [0.717, 1.165) is 5.75 Å². The molecule has 0 saturated heterocycles. The number of fused-ring (bicyclic) bond motifs is 10. The highest BCUT2D eigenvalue weighted by Crippen LogP contribution is 2.63. The maximum atomic E-state index is 2.35. The van der Waals surface area contributed by atoms with Crippen LogP contribution in [0.4, 0.5) is 0 Å². The highest BCUT2D eigenvalue weighted by Gasteiger charge is 2.52. The van der Waals surface area contributed by atoms with Crippen molar-refractivity contribution in [1.29, 1.82) is 0 Å². The van der Waals surface area contributed by atoms with Gasteiger partial charge in [-0.3, -0.25) is 0 Å². The number of hydrogen-bond donors (Lipinski definition) is 0. The monoisotopic (exact) mass is 452 g/mol. The number of hydrogen-bond acceptors (Lipinski definition) is 1. The first-order valence-corrected chi connectivity index (χ1v) is 12.9. The molecule has 2 aliphatic carbocycles. The molecule has 0 bridgehead atoms. The van der Waals surface area contributed by atoms with Gasteiger partial charge >= 0.3 is 0 Å². The number of benzene rings is 5. The Morgan fingerprint density at radius 1 is 0.529 bits per heavy atom. The van der Waals surface area contributed by atoms with Crippen molar-refractivity contribution < 1.29 is 0 Å². The van der Waals surface area contributed by atoms with Crippen molar-refractivity contribution in [3.8, 4) is 22.3 Å². The van der Waals surface area contributed by atoms with Gasteiger partial charge in [0.2, 0.25) is 0 Å². The molecule has 1 heteroatoms. The van der Waals surface area contributed by atoms with E-state index in [1.807, 2.05) is 11.8 Å². The fraction of sp³-hybridized carbons (Fsp3) is 0.0909. The predicted octanol–water partition coefficient (Wildman–Crippen LogP) is 8.63. The normalized spacial score (nSPS) is 13.9. The molecule has 34 heavy (non-hydrogen) atoms. The molecule has 0 unspecified atom stereocenters. The molecular formula is C33H24S. The minimum atomic E-state index is -0.262. The van der Waals surface area contributed by atoms with Gasteiger partial charge in [0.1, 0.15) is 0 Å². The highest BCUT2D eigenvalue weighted by molar-refractivity contribution is 7.98. The Kier molecular flexibility index (Phi) is 4.37. The molecule has 162 valence electrons. The minimum Gasteiger partial charge on any atom is -0.121 e. The summed E-state index contributed by atoms with van der Waals surface area (Å²) < 4.78 is 0. The first-order chi connectivity index (χ1) is 16.8. The molecular weight excluding hydrogens is 428 g/mol. The maximum absolute atomic E-state index is 2.35. The zero-order chi connectivity index (χ0) is 22.7. The first kappa shape index (κ1) is 19.9. The molecule has 1 spiro atoms. The van der Waals surface area contributed by atoms with E-state index in [1.165, 1.54) is 60.5 Å². The van der Waals surface area contributed by atoms with E-state index in [9.17, 15) is 0 Å². The van der Waals surface area contributed by atoms with E-state index in [0.29, 0.717) is 0 Å². The van der Waals surface area contributed by atoms with Crippen LogP contribution in [-0.4, -0.2) is 0 Å². The van der Waals surface area contributed by atoms with Crippen LogP contribution in [0, 0.1) is 6.92 Å². The van der Waals surface area contributed by atoms with E-state index in [-0.39, 0.29) is 5.41 Å². The van der Waals surface area contributed by atoms with Gasteiger partial charge in [-0.15, -0.1) is 11.8 Å². The molecule has 0 heterocycles. The lowest BCUT2D eigenvalue weighted by atomic mass is 9.69. The van der Waals surface area contributed by atoms with Gasteiger partial charge < -0.3 is 0 Å². The molecule has 0 radical (unpaired) electrons. The summed E-state index contributed by atoms with van der Waals surface area (Å²) >= 11 is 1.95. The van der Waals surface area contributed by atoms with Crippen molar-refractivity contribution in [2.75, 3.05) is 0 Å². The van der Waals surface area contributed by atoms with Crippen molar-refractivity contribution in [3.63, 3.8) is 0 Å². The Morgan fingerprint density at radius 2 is 1.03 bits per heavy atom. The van der Waals surface area contributed by atoms with Gasteiger partial charge in [-0.05, 0) is 68.6 Å². The average molecular weight is 453 g/mol. The zero-order valence-electron chi connectivity index (χ0n) is 19.1. The van der Waals surface area contributed by atoms with Gasteiger partial charge in [-0.25, -0.2) is 0 Å². The lowest BCUT2D eigenvalue weighted by Gasteiger charge is -2.32. The maximum Gasteiger partial charge on any atom is 0.0728 e. The van der Waals surface area contributed by atoms with Gasteiger partial charge in [0, 0.05) is 10.6 Å². The second-order valence-corrected chi connectivity index (χ2v) is 10.3. The van der Waals surface area contributed by atoms with Crippen molar-refractivity contribution >= 4 is 11.8 Å². The summed E-state index contributed by atoms with van der Waals surface area (Å²) in [6.45, 7) is 2.21. The summed E-state index contributed by atoms with van der Waals surface area (Å²) in [5, 5.41) is 0. The van der Waals surface area contributed by atoms with Gasteiger partial charge in [0.05, 0.1) is 5.41 Å². The van der Waals surface area contributed by atoms with Crippen molar-refractivity contribution in [1.82, 2.24) is 0 Å². The predicted molar refractivity (Wildman–Crippen MR) is 143 cm³/mol. The summed E-state index contributed by atoms with van der Waals surface area (Å²) in [6.07, 6.45) is 0. The Hall–Kier alpha value is -3.55. The van der Waals surface area contributed by atoms with E-state index in [2.05, 4.69) is 122 Å². The van der Waals surface area contributed by atoms with E-state index < -0.39 is 0 Å². The fourth-order valence-electron chi connectivity index (χ4n) is 6.24. The summed E-state index contributed by atoms with van der Waals surface area (Å²) in [7, 11) is 0.